The molecule has 0 radical (unpaired) electrons. The lowest BCUT2D eigenvalue weighted by atomic mass is 10.1. The minimum Gasteiger partial charge on any atom is -0.494 e. The number of carbonyl (C=O) groups is 1. The van der Waals surface area contributed by atoms with Crippen LogP contribution in [-0.2, 0) is 4.79 Å². The molecule has 0 aliphatic rings. The van der Waals surface area contributed by atoms with E-state index in [4.69, 9.17) is 10.5 Å². The second-order valence-electron chi connectivity index (χ2n) is 4.37. The maximum absolute atomic E-state index is 11.7. The van der Waals surface area contributed by atoms with Crippen molar-refractivity contribution in [3.05, 3.63) is 29.8 Å². The number of nitrogens with one attached hydrogen (secondary N) is 1. The molecular weight excluding hydrogens is 228 g/mol. The monoisotopic (exact) mass is 250 g/mol. The van der Waals surface area contributed by atoms with E-state index < -0.39 is 0 Å². The maximum atomic E-state index is 11.7. The van der Waals surface area contributed by atoms with Crippen LogP contribution < -0.4 is 15.8 Å². The van der Waals surface area contributed by atoms with Crippen molar-refractivity contribution in [1.29, 1.82) is 0 Å². The highest BCUT2D eigenvalue weighted by Gasteiger charge is 2.14. The Morgan fingerprint density at radius 3 is 2.78 bits per heavy atom. The van der Waals surface area contributed by atoms with Crippen LogP contribution in [0.4, 0.5) is 0 Å². The molecule has 1 amide bonds. The fourth-order valence-corrected chi connectivity index (χ4v) is 1.59. The average molecular weight is 250 g/mol. The summed E-state index contributed by atoms with van der Waals surface area (Å²) in [6.45, 7) is 6.71. The van der Waals surface area contributed by atoms with Gasteiger partial charge in [-0.3, -0.25) is 4.79 Å². The van der Waals surface area contributed by atoms with E-state index in [9.17, 15) is 4.79 Å². The Balaban J connectivity index is 2.68. The topological polar surface area (TPSA) is 64.3 Å². The zero-order valence-electron chi connectivity index (χ0n) is 11.3. The Kier molecular flexibility index (Phi) is 5.65. The predicted octanol–water partition coefficient (Wildman–Crippen LogP) is 1.86. The largest absolute Gasteiger partial charge is 0.494 e. The number of carbonyl (C=O) groups excluding carboxylic acids is 1. The first-order chi connectivity index (χ1) is 8.58. The molecule has 0 fully saturated rings. The Morgan fingerprint density at radius 2 is 2.17 bits per heavy atom. The molecule has 0 spiro atoms. The Labute approximate surface area is 109 Å². The van der Waals surface area contributed by atoms with Crippen LogP contribution in [0, 0.1) is 5.92 Å². The first kappa shape index (κ1) is 14.5. The molecule has 2 atom stereocenters. The lowest BCUT2D eigenvalue weighted by Gasteiger charge is -2.17. The minimum atomic E-state index is -0.164. The van der Waals surface area contributed by atoms with E-state index in [2.05, 4.69) is 5.32 Å². The number of rotatable bonds is 6. The van der Waals surface area contributed by atoms with E-state index in [1.807, 2.05) is 45.0 Å². The summed E-state index contributed by atoms with van der Waals surface area (Å²) in [5, 5.41) is 2.94. The molecule has 0 saturated carbocycles. The summed E-state index contributed by atoms with van der Waals surface area (Å²) in [7, 11) is 0. The van der Waals surface area contributed by atoms with E-state index in [0.29, 0.717) is 13.2 Å². The van der Waals surface area contributed by atoms with Crippen molar-refractivity contribution in [3.63, 3.8) is 0 Å². The normalized spacial score (nSPS) is 13.8. The van der Waals surface area contributed by atoms with Crippen LogP contribution in [0.2, 0.25) is 0 Å². The average Bonchev–Trinajstić information content (AvgIpc) is 2.38. The standard InChI is InChI=1S/C14H22N2O2/c1-4-18-13-7-5-6-12(8-13)11(3)16-14(17)10(2)9-15/h5-8,10-11H,4,9,15H2,1-3H3,(H,16,17). The number of nitrogens with two attached hydrogens (primary N) is 1. The van der Waals surface area contributed by atoms with E-state index in [1.54, 1.807) is 0 Å². The molecule has 0 saturated heterocycles. The third-order valence-corrected chi connectivity index (χ3v) is 2.83. The highest BCUT2D eigenvalue weighted by molar-refractivity contribution is 5.78. The summed E-state index contributed by atoms with van der Waals surface area (Å²) in [5.41, 5.74) is 6.50. The molecule has 18 heavy (non-hydrogen) atoms. The van der Waals surface area contributed by atoms with Crippen LogP contribution >= 0.6 is 0 Å². The van der Waals surface area contributed by atoms with Crippen LogP contribution in [0.5, 0.6) is 5.75 Å². The number of hydrogen-bond acceptors (Lipinski definition) is 3. The zero-order chi connectivity index (χ0) is 13.5. The van der Waals surface area contributed by atoms with Gasteiger partial charge in [0.05, 0.1) is 12.6 Å². The van der Waals surface area contributed by atoms with Gasteiger partial charge in [-0.15, -0.1) is 0 Å². The molecule has 0 heterocycles. The Morgan fingerprint density at radius 1 is 1.44 bits per heavy atom. The highest BCUT2D eigenvalue weighted by atomic mass is 16.5. The molecule has 4 nitrogen and oxygen atoms in total. The SMILES string of the molecule is CCOc1cccc(C(C)NC(=O)C(C)CN)c1. The van der Waals surface area contributed by atoms with Crippen LogP contribution in [0.3, 0.4) is 0 Å². The van der Waals surface area contributed by atoms with E-state index >= 15 is 0 Å². The molecule has 1 aromatic carbocycles. The Bertz CT molecular complexity index is 393. The first-order valence-corrected chi connectivity index (χ1v) is 6.31. The van der Waals surface area contributed by atoms with Crippen LogP contribution in [0.15, 0.2) is 24.3 Å². The number of hydrogen-bond donors (Lipinski definition) is 2. The van der Waals surface area contributed by atoms with Crippen molar-refractivity contribution >= 4 is 5.91 Å². The minimum absolute atomic E-state index is 0.0215. The quantitative estimate of drug-likeness (QED) is 0.810. The number of ether oxygens (including phenoxy) is 1. The van der Waals surface area contributed by atoms with E-state index in [-0.39, 0.29) is 17.9 Å². The summed E-state index contributed by atoms with van der Waals surface area (Å²) in [6, 6.07) is 7.70. The predicted molar refractivity (Wildman–Crippen MR) is 72.4 cm³/mol. The van der Waals surface area contributed by atoms with Gasteiger partial charge in [-0.2, -0.15) is 0 Å². The molecule has 0 bridgehead atoms. The number of amides is 1. The van der Waals surface area contributed by atoms with Gasteiger partial charge in [0.2, 0.25) is 5.91 Å². The second-order valence-corrected chi connectivity index (χ2v) is 4.37. The summed E-state index contributed by atoms with van der Waals surface area (Å²) in [4.78, 5) is 11.7. The molecule has 0 aliphatic heterocycles. The number of benzene rings is 1. The van der Waals surface area contributed by atoms with Crippen LogP contribution in [0.1, 0.15) is 32.4 Å². The zero-order valence-corrected chi connectivity index (χ0v) is 11.3. The van der Waals surface area contributed by atoms with E-state index in [0.717, 1.165) is 11.3 Å². The van der Waals surface area contributed by atoms with Crippen molar-refractivity contribution in [2.24, 2.45) is 11.7 Å². The summed E-state index contributed by atoms with van der Waals surface area (Å²) < 4.78 is 5.44. The lowest BCUT2D eigenvalue weighted by Crippen LogP contribution is -2.34. The van der Waals surface area contributed by atoms with Crippen LogP contribution in [0.25, 0.3) is 0 Å². The van der Waals surface area contributed by atoms with Crippen molar-refractivity contribution in [2.45, 2.75) is 26.8 Å². The smallest absolute Gasteiger partial charge is 0.224 e. The van der Waals surface area contributed by atoms with Gasteiger partial charge >= 0.3 is 0 Å². The molecule has 100 valence electrons. The molecule has 3 N–H and O–H groups in total. The van der Waals surface area contributed by atoms with Crippen molar-refractivity contribution in [2.75, 3.05) is 13.2 Å². The fraction of sp³-hybridized carbons (Fsp3) is 0.500. The summed E-state index contributed by atoms with van der Waals surface area (Å²) in [5.74, 6) is 0.636. The molecule has 2 unspecified atom stereocenters. The first-order valence-electron chi connectivity index (χ1n) is 6.31. The third-order valence-electron chi connectivity index (χ3n) is 2.83. The molecule has 4 heteroatoms. The van der Waals surface area contributed by atoms with Gasteiger partial charge < -0.3 is 15.8 Å². The van der Waals surface area contributed by atoms with Crippen molar-refractivity contribution in [1.82, 2.24) is 5.32 Å². The summed E-state index contributed by atoms with van der Waals surface area (Å²) >= 11 is 0. The lowest BCUT2D eigenvalue weighted by molar-refractivity contribution is -0.124. The van der Waals surface area contributed by atoms with Gasteiger partial charge in [0, 0.05) is 12.5 Å². The van der Waals surface area contributed by atoms with Gasteiger partial charge in [0.25, 0.3) is 0 Å². The van der Waals surface area contributed by atoms with Crippen molar-refractivity contribution in [3.8, 4) is 5.75 Å². The van der Waals surface area contributed by atoms with Crippen molar-refractivity contribution < 1.29 is 9.53 Å². The van der Waals surface area contributed by atoms with Gasteiger partial charge in [0.15, 0.2) is 0 Å². The molecule has 0 aliphatic carbocycles. The fourth-order valence-electron chi connectivity index (χ4n) is 1.59. The second kappa shape index (κ2) is 7.01. The maximum Gasteiger partial charge on any atom is 0.224 e. The molecule has 1 aromatic rings. The van der Waals surface area contributed by atoms with Gasteiger partial charge in [-0.1, -0.05) is 19.1 Å². The van der Waals surface area contributed by atoms with Gasteiger partial charge in [-0.25, -0.2) is 0 Å². The summed E-state index contributed by atoms with van der Waals surface area (Å²) in [6.07, 6.45) is 0. The molecule has 1 rings (SSSR count). The third kappa shape index (κ3) is 4.04. The molecular formula is C14H22N2O2. The van der Waals surface area contributed by atoms with Gasteiger partial charge in [-0.05, 0) is 31.5 Å². The highest BCUT2D eigenvalue weighted by Crippen LogP contribution is 2.19. The van der Waals surface area contributed by atoms with Gasteiger partial charge in [0.1, 0.15) is 5.75 Å². The van der Waals surface area contributed by atoms with Crippen LogP contribution in [-0.4, -0.2) is 19.1 Å². The Hall–Kier alpha value is -1.55. The van der Waals surface area contributed by atoms with E-state index in [1.165, 1.54) is 0 Å². The molecule has 0 aromatic heterocycles.